The van der Waals surface area contributed by atoms with Crippen LogP contribution in [0.1, 0.15) is 34.0 Å². The smallest absolute Gasteiger partial charge is 0.338 e. The summed E-state index contributed by atoms with van der Waals surface area (Å²) in [6, 6.07) is 16.3. The Morgan fingerprint density at radius 1 is 1.00 bits per heavy atom. The summed E-state index contributed by atoms with van der Waals surface area (Å²) in [6.45, 7) is 6.33. The number of rotatable bonds is 8. The Morgan fingerprint density at radius 2 is 1.77 bits per heavy atom. The lowest BCUT2D eigenvalue weighted by molar-refractivity contribution is -0.120. The molecule has 0 saturated heterocycles. The van der Waals surface area contributed by atoms with Gasteiger partial charge in [0, 0.05) is 18.1 Å². The van der Waals surface area contributed by atoms with Gasteiger partial charge in [-0.2, -0.15) is 0 Å². The minimum atomic E-state index is -0.391. The van der Waals surface area contributed by atoms with Gasteiger partial charge in [0.2, 0.25) is 0 Å². The Balaban J connectivity index is 1.79. The molecule has 0 aliphatic carbocycles. The van der Waals surface area contributed by atoms with Crippen LogP contribution in [0.3, 0.4) is 0 Å². The maximum atomic E-state index is 13.1. The number of anilines is 1. The van der Waals surface area contributed by atoms with Crippen LogP contribution in [0.15, 0.2) is 67.0 Å². The predicted octanol–water partition coefficient (Wildman–Crippen LogP) is 4.49. The van der Waals surface area contributed by atoms with Gasteiger partial charge >= 0.3 is 5.97 Å². The lowest BCUT2D eigenvalue weighted by Crippen LogP contribution is -2.34. The Bertz CT molecular complexity index is 1030. The van der Waals surface area contributed by atoms with Crippen molar-refractivity contribution >= 4 is 17.6 Å². The van der Waals surface area contributed by atoms with E-state index in [2.05, 4.69) is 4.98 Å². The SMILES string of the molecule is CCOC(=O)c1ccc(N(Cc2cccnc2)C(=O)COc2ccc(C)c(C)c2)cc1. The van der Waals surface area contributed by atoms with Crippen LogP contribution in [-0.4, -0.2) is 30.1 Å². The monoisotopic (exact) mass is 418 g/mol. The molecule has 0 aliphatic rings. The largest absolute Gasteiger partial charge is 0.484 e. The lowest BCUT2D eigenvalue weighted by Gasteiger charge is -2.23. The molecule has 1 amide bonds. The molecule has 0 unspecified atom stereocenters. The van der Waals surface area contributed by atoms with E-state index in [0.29, 0.717) is 30.2 Å². The molecule has 0 saturated carbocycles. The van der Waals surface area contributed by atoms with E-state index < -0.39 is 5.97 Å². The third-order valence-electron chi connectivity index (χ3n) is 4.90. The van der Waals surface area contributed by atoms with Crippen molar-refractivity contribution in [3.8, 4) is 5.75 Å². The van der Waals surface area contributed by atoms with Gasteiger partial charge in [-0.15, -0.1) is 0 Å². The van der Waals surface area contributed by atoms with Crippen LogP contribution >= 0.6 is 0 Å². The lowest BCUT2D eigenvalue weighted by atomic mass is 10.1. The van der Waals surface area contributed by atoms with Crippen molar-refractivity contribution in [1.29, 1.82) is 0 Å². The summed E-state index contributed by atoms with van der Waals surface area (Å²) in [5.74, 6) is 0.0543. The van der Waals surface area contributed by atoms with Gasteiger partial charge in [0.05, 0.1) is 18.7 Å². The summed E-state index contributed by atoms with van der Waals surface area (Å²) in [5, 5.41) is 0. The van der Waals surface area contributed by atoms with Crippen LogP contribution in [0, 0.1) is 13.8 Å². The van der Waals surface area contributed by atoms with Crippen molar-refractivity contribution < 1.29 is 19.1 Å². The fraction of sp³-hybridized carbons (Fsp3) is 0.240. The summed E-state index contributed by atoms with van der Waals surface area (Å²) in [4.78, 5) is 30.8. The van der Waals surface area contributed by atoms with Gasteiger partial charge in [0.1, 0.15) is 5.75 Å². The molecule has 6 nitrogen and oxygen atoms in total. The topological polar surface area (TPSA) is 68.7 Å². The van der Waals surface area contributed by atoms with Crippen molar-refractivity contribution in [2.75, 3.05) is 18.1 Å². The van der Waals surface area contributed by atoms with Crippen molar-refractivity contribution in [2.45, 2.75) is 27.3 Å². The molecule has 0 aliphatic heterocycles. The molecule has 0 N–H and O–H groups in total. The van der Waals surface area contributed by atoms with Crippen LogP contribution in [0.4, 0.5) is 5.69 Å². The Kier molecular flexibility index (Phi) is 7.38. The molecule has 0 atom stereocenters. The molecule has 1 heterocycles. The van der Waals surface area contributed by atoms with E-state index >= 15 is 0 Å². The molecule has 0 spiro atoms. The first-order chi connectivity index (χ1) is 15.0. The average molecular weight is 418 g/mol. The van der Waals surface area contributed by atoms with E-state index in [9.17, 15) is 9.59 Å². The van der Waals surface area contributed by atoms with Crippen LogP contribution in [-0.2, 0) is 16.1 Å². The summed E-state index contributed by atoms with van der Waals surface area (Å²) >= 11 is 0. The highest BCUT2D eigenvalue weighted by Crippen LogP contribution is 2.21. The summed E-state index contributed by atoms with van der Waals surface area (Å²) in [5.41, 5.74) is 4.25. The number of benzene rings is 2. The van der Waals surface area contributed by atoms with Gasteiger partial charge < -0.3 is 14.4 Å². The zero-order valence-corrected chi connectivity index (χ0v) is 18.0. The van der Waals surface area contributed by atoms with Crippen molar-refractivity contribution in [3.05, 3.63) is 89.2 Å². The summed E-state index contributed by atoms with van der Waals surface area (Å²) < 4.78 is 10.8. The van der Waals surface area contributed by atoms with Gasteiger partial charge in [-0.05, 0) is 79.9 Å². The number of carbonyl (C=O) groups is 2. The zero-order valence-electron chi connectivity index (χ0n) is 18.0. The number of amides is 1. The molecule has 3 rings (SSSR count). The number of esters is 1. The third kappa shape index (κ3) is 5.92. The standard InChI is InChI=1S/C25H26N2O4/c1-4-30-25(29)21-8-10-22(11-9-21)27(16-20-6-5-13-26-15-20)24(28)17-31-23-12-7-18(2)19(3)14-23/h5-15H,4,16-17H2,1-3H3. The molecule has 160 valence electrons. The first kappa shape index (κ1) is 22.0. The van der Waals surface area contributed by atoms with Crippen LogP contribution < -0.4 is 9.64 Å². The number of pyridine rings is 1. The molecule has 31 heavy (non-hydrogen) atoms. The minimum absolute atomic E-state index is 0.109. The maximum absolute atomic E-state index is 13.1. The van der Waals surface area contributed by atoms with Crippen LogP contribution in [0.25, 0.3) is 0 Å². The quantitative estimate of drug-likeness (QED) is 0.504. The Morgan fingerprint density at radius 3 is 2.42 bits per heavy atom. The first-order valence-electron chi connectivity index (χ1n) is 10.1. The molecular weight excluding hydrogens is 392 g/mol. The van der Waals surface area contributed by atoms with Gasteiger partial charge in [-0.25, -0.2) is 4.79 Å². The number of carbonyl (C=O) groups excluding carboxylic acids is 2. The van der Waals surface area contributed by atoms with E-state index in [1.807, 2.05) is 44.2 Å². The average Bonchev–Trinajstić information content (AvgIpc) is 2.79. The fourth-order valence-electron chi connectivity index (χ4n) is 3.02. The highest BCUT2D eigenvalue weighted by atomic mass is 16.5. The molecule has 0 bridgehead atoms. The van der Waals surface area contributed by atoms with E-state index in [4.69, 9.17) is 9.47 Å². The number of aromatic nitrogens is 1. The predicted molar refractivity (Wildman–Crippen MR) is 119 cm³/mol. The van der Waals surface area contributed by atoms with Crippen molar-refractivity contribution in [3.63, 3.8) is 0 Å². The Labute approximate surface area is 182 Å². The second-order valence-corrected chi connectivity index (χ2v) is 7.14. The molecule has 0 radical (unpaired) electrons. The van der Waals surface area contributed by atoms with Gasteiger partial charge in [0.15, 0.2) is 6.61 Å². The molecule has 1 aromatic heterocycles. The molecule has 6 heteroatoms. The number of hydrogen-bond acceptors (Lipinski definition) is 5. The zero-order chi connectivity index (χ0) is 22.2. The second-order valence-electron chi connectivity index (χ2n) is 7.14. The second kappa shape index (κ2) is 10.4. The summed E-state index contributed by atoms with van der Waals surface area (Å²) in [7, 11) is 0. The minimum Gasteiger partial charge on any atom is -0.484 e. The highest BCUT2D eigenvalue weighted by Gasteiger charge is 2.18. The highest BCUT2D eigenvalue weighted by molar-refractivity contribution is 5.95. The molecule has 3 aromatic rings. The Hall–Kier alpha value is -3.67. The van der Waals surface area contributed by atoms with E-state index in [1.165, 1.54) is 5.56 Å². The number of nitrogens with zero attached hydrogens (tertiary/aromatic N) is 2. The van der Waals surface area contributed by atoms with Gasteiger partial charge in [-0.1, -0.05) is 12.1 Å². The van der Waals surface area contributed by atoms with Gasteiger partial charge in [-0.3, -0.25) is 9.78 Å². The number of hydrogen-bond donors (Lipinski definition) is 0. The van der Waals surface area contributed by atoms with E-state index in [1.54, 1.807) is 48.5 Å². The van der Waals surface area contributed by atoms with Crippen LogP contribution in [0.2, 0.25) is 0 Å². The van der Waals surface area contributed by atoms with E-state index in [-0.39, 0.29) is 12.5 Å². The molecule has 2 aromatic carbocycles. The molecular formula is C25H26N2O4. The summed E-state index contributed by atoms with van der Waals surface area (Å²) in [6.07, 6.45) is 3.41. The third-order valence-corrected chi connectivity index (χ3v) is 4.90. The maximum Gasteiger partial charge on any atom is 0.338 e. The molecule has 0 fully saturated rings. The number of ether oxygens (including phenoxy) is 2. The van der Waals surface area contributed by atoms with Crippen molar-refractivity contribution in [1.82, 2.24) is 4.98 Å². The number of aryl methyl sites for hydroxylation is 2. The van der Waals surface area contributed by atoms with Crippen LogP contribution in [0.5, 0.6) is 5.75 Å². The van der Waals surface area contributed by atoms with E-state index in [0.717, 1.165) is 11.1 Å². The first-order valence-corrected chi connectivity index (χ1v) is 10.1. The van der Waals surface area contributed by atoms with Crippen molar-refractivity contribution in [2.24, 2.45) is 0 Å². The normalized spacial score (nSPS) is 10.4. The van der Waals surface area contributed by atoms with Gasteiger partial charge in [0.25, 0.3) is 5.91 Å². The fourth-order valence-corrected chi connectivity index (χ4v) is 3.02.